The first-order valence-corrected chi connectivity index (χ1v) is 17.1. The van der Waals surface area contributed by atoms with Crippen LogP contribution in [-0.4, -0.2) is 86.5 Å². The summed E-state index contributed by atoms with van der Waals surface area (Å²) in [4.78, 5) is 56.9. The molecule has 5 aliphatic rings. The van der Waals surface area contributed by atoms with Crippen LogP contribution in [0.5, 0.6) is 11.5 Å². The van der Waals surface area contributed by atoms with Gasteiger partial charge in [0.05, 0.1) is 23.4 Å². The normalized spacial score (nSPS) is 33.2. The van der Waals surface area contributed by atoms with Gasteiger partial charge in [-0.25, -0.2) is 0 Å². The van der Waals surface area contributed by atoms with E-state index in [1.54, 1.807) is 12.1 Å². The maximum Gasteiger partial charge on any atom is 0.253 e. The molecule has 0 spiro atoms. The molecule has 1 saturated carbocycles. The number of fused-ring (bicyclic) bond motifs is 4. The number of nitrogens with zero attached hydrogens (tertiary/aromatic N) is 3. The number of allylic oxidation sites excluding steroid dienone is 2. The zero-order valence-corrected chi connectivity index (χ0v) is 28.5. The van der Waals surface area contributed by atoms with E-state index in [1.165, 1.54) is 24.6 Å². The van der Waals surface area contributed by atoms with Crippen LogP contribution >= 0.6 is 39.1 Å². The molecule has 4 amide bonds. The number of carbonyl (C=O) groups excluding carboxylic acids is 4. The van der Waals surface area contributed by atoms with E-state index in [1.807, 2.05) is 24.3 Å². The SMILES string of the molecule is COc1cc(C2C3=CCC4C(=O)N(C5CCN(Cc6ccccc6)CC5)C(=O)C4C3CC3(Cl)C(=O)N(C)C(=O)C23Cl)cc(Br)c1O. The third-order valence-electron chi connectivity index (χ3n) is 10.8. The third-order valence-corrected chi connectivity index (χ3v) is 12.8. The highest BCUT2D eigenvalue weighted by molar-refractivity contribution is 9.10. The molecule has 6 atom stereocenters. The predicted molar refractivity (Wildman–Crippen MR) is 174 cm³/mol. The minimum atomic E-state index is -1.91. The summed E-state index contributed by atoms with van der Waals surface area (Å²) in [6.07, 6.45) is 3.52. The van der Waals surface area contributed by atoms with E-state index in [4.69, 9.17) is 27.9 Å². The molecule has 4 fully saturated rings. The topological polar surface area (TPSA) is 107 Å². The smallest absolute Gasteiger partial charge is 0.253 e. The summed E-state index contributed by atoms with van der Waals surface area (Å²) in [7, 11) is 2.77. The molecule has 0 radical (unpaired) electrons. The lowest BCUT2D eigenvalue weighted by Crippen LogP contribution is -2.60. The summed E-state index contributed by atoms with van der Waals surface area (Å²) in [6.45, 7) is 2.34. The van der Waals surface area contributed by atoms with Crippen LogP contribution in [0.2, 0.25) is 0 Å². The van der Waals surface area contributed by atoms with Crippen LogP contribution in [-0.2, 0) is 25.7 Å². The van der Waals surface area contributed by atoms with Crippen molar-refractivity contribution in [3.63, 3.8) is 0 Å². The van der Waals surface area contributed by atoms with E-state index in [0.29, 0.717) is 34.9 Å². The Kier molecular flexibility index (Phi) is 7.82. The van der Waals surface area contributed by atoms with Crippen molar-refractivity contribution in [2.45, 2.75) is 53.9 Å². The fourth-order valence-corrected chi connectivity index (χ4v) is 10.1. The number of piperidine rings is 1. The minimum absolute atomic E-state index is 0.0603. The molecule has 3 saturated heterocycles. The Morgan fingerprint density at radius 3 is 2.37 bits per heavy atom. The molecule has 2 aromatic carbocycles. The van der Waals surface area contributed by atoms with Crippen LogP contribution in [0.25, 0.3) is 0 Å². The number of benzene rings is 2. The van der Waals surface area contributed by atoms with E-state index in [-0.39, 0.29) is 35.8 Å². The predicted octanol–water partition coefficient (Wildman–Crippen LogP) is 4.82. The Balaban J connectivity index is 1.23. The van der Waals surface area contributed by atoms with Crippen LogP contribution in [0.15, 0.2) is 58.6 Å². The average molecular weight is 731 g/mol. The molecule has 6 unspecified atom stereocenters. The number of amides is 4. The molecule has 3 heterocycles. The van der Waals surface area contributed by atoms with Gasteiger partial charge < -0.3 is 9.84 Å². The maximum atomic E-state index is 14.4. The van der Waals surface area contributed by atoms with Crippen molar-refractivity contribution in [3.05, 3.63) is 69.7 Å². The number of likely N-dealkylation sites (tertiary alicyclic amines) is 3. The summed E-state index contributed by atoms with van der Waals surface area (Å²) in [5.74, 6) is -4.55. The van der Waals surface area contributed by atoms with Crippen LogP contribution in [0.3, 0.4) is 0 Å². The Labute approximate surface area is 285 Å². The van der Waals surface area contributed by atoms with Gasteiger partial charge in [-0.2, -0.15) is 0 Å². The number of alkyl halides is 2. The van der Waals surface area contributed by atoms with Gasteiger partial charge >= 0.3 is 0 Å². The minimum Gasteiger partial charge on any atom is -0.503 e. The summed E-state index contributed by atoms with van der Waals surface area (Å²) in [6, 6.07) is 13.2. The molecule has 7 rings (SSSR count). The number of carbonyl (C=O) groups is 4. The maximum absolute atomic E-state index is 14.4. The first kappa shape index (κ1) is 31.7. The lowest BCUT2D eigenvalue weighted by Gasteiger charge is -2.50. The van der Waals surface area contributed by atoms with E-state index < -0.39 is 45.2 Å². The number of hydrogen-bond donors (Lipinski definition) is 1. The first-order valence-electron chi connectivity index (χ1n) is 15.5. The third kappa shape index (κ3) is 4.43. The van der Waals surface area contributed by atoms with Gasteiger partial charge in [-0.15, -0.1) is 23.2 Å². The lowest BCUT2D eigenvalue weighted by molar-refractivity contribution is -0.144. The fourth-order valence-electron chi connectivity index (χ4n) is 8.60. The van der Waals surface area contributed by atoms with Gasteiger partial charge in [-0.05, 0) is 70.8 Å². The Morgan fingerprint density at radius 2 is 1.70 bits per heavy atom. The molecule has 2 aromatic rings. The van der Waals surface area contributed by atoms with Crippen molar-refractivity contribution in [1.82, 2.24) is 14.7 Å². The molecule has 46 heavy (non-hydrogen) atoms. The number of methoxy groups -OCH3 is 1. The molecule has 242 valence electrons. The molecular formula is C34H34BrCl2N3O6. The average Bonchev–Trinajstić information content (AvgIpc) is 3.38. The molecule has 9 nitrogen and oxygen atoms in total. The zero-order valence-electron chi connectivity index (χ0n) is 25.4. The Bertz CT molecular complexity index is 1680. The summed E-state index contributed by atoms with van der Waals surface area (Å²) in [5, 5.41) is 10.6. The molecule has 2 aliphatic carbocycles. The summed E-state index contributed by atoms with van der Waals surface area (Å²) in [5.41, 5.74) is 2.41. The van der Waals surface area contributed by atoms with E-state index in [0.717, 1.165) is 24.5 Å². The van der Waals surface area contributed by atoms with Crippen LogP contribution in [0.1, 0.15) is 42.7 Å². The number of ether oxygens (including phenoxy) is 1. The monoisotopic (exact) mass is 729 g/mol. The second-order valence-electron chi connectivity index (χ2n) is 13.1. The number of halogens is 3. The van der Waals surface area contributed by atoms with Crippen LogP contribution in [0.4, 0.5) is 0 Å². The number of aromatic hydroxyl groups is 1. The van der Waals surface area contributed by atoms with Crippen molar-refractivity contribution in [1.29, 1.82) is 0 Å². The second-order valence-corrected chi connectivity index (χ2v) is 15.2. The van der Waals surface area contributed by atoms with Gasteiger partial charge in [0.25, 0.3) is 11.8 Å². The number of rotatable bonds is 5. The molecule has 0 bridgehead atoms. The van der Waals surface area contributed by atoms with Gasteiger partial charge in [0.2, 0.25) is 11.8 Å². The van der Waals surface area contributed by atoms with Gasteiger partial charge in [-0.1, -0.05) is 42.0 Å². The van der Waals surface area contributed by atoms with Crippen LogP contribution < -0.4 is 4.74 Å². The Hall–Kier alpha value is -2.92. The lowest BCUT2D eigenvalue weighted by atomic mass is 9.56. The van der Waals surface area contributed by atoms with Gasteiger partial charge in [-0.3, -0.25) is 33.9 Å². The van der Waals surface area contributed by atoms with Crippen LogP contribution in [0, 0.1) is 17.8 Å². The quantitative estimate of drug-likeness (QED) is 0.267. The second kappa shape index (κ2) is 11.4. The molecule has 0 aromatic heterocycles. The highest BCUT2D eigenvalue weighted by atomic mass is 79.9. The highest BCUT2D eigenvalue weighted by Gasteiger charge is 2.76. The standard InChI is InChI=1S/C34H34BrCl2N3O6/c1-38-31(44)33(36)16-23-21(27(34(33,37)32(38)45)19-14-24(35)28(41)25(15-19)46-2)8-9-22-26(23)30(43)40(29(22)42)20-10-12-39(13-11-20)17-18-6-4-3-5-7-18/h3-8,14-15,20,22-23,26-27,41H,9-13,16-17H2,1-2H3. The van der Waals surface area contributed by atoms with E-state index >= 15 is 0 Å². The van der Waals surface area contributed by atoms with Gasteiger partial charge in [0.1, 0.15) is 0 Å². The molecular weight excluding hydrogens is 697 g/mol. The molecule has 1 N–H and O–H groups in total. The Morgan fingerprint density at radius 1 is 1.00 bits per heavy atom. The highest BCUT2D eigenvalue weighted by Crippen LogP contribution is 2.65. The van der Waals surface area contributed by atoms with Crippen molar-refractivity contribution >= 4 is 62.8 Å². The van der Waals surface area contributed by atoms with Crippen molar-refractivity contribution in [2.24, 2.45) is 17.8 Å². The number of hydrogen-bond acceptors (Lipinski definition) is 7. The van der Waals surface area contributed by atoms with E-state index in [2.05, 4.69) is 33.0 Å². The van der Waals surface area contributed by atoms with Crippen molar-refractivity contribution in [2.75, 3.05) is 27.2 Å². The molecule has 3 aliphatic heterocycles. The number of imide groups is 2. The van der Waals surface area contributed by atoms with Gasteiger partial charge in [0, 0.05) is 38.6 Å². The largest absolute Gasteiger partial charge is 0.503 e. The molecule has 12 heteroatoms. The first-order chi connectivity index (χ1) is 21.9. The van der Waals surface area contributed by atoms with Crippen molar-refractivity contribution in [3.8, 4) is 11.5 Å². The van der Waals surface area contributed by atoms with Crippen molar-refractivity contribution < 1.29 is 29.0 Å². The number of phenolic OH excluding ortho intramolecular Hbond substituents is 1. The fraction of sp³-hybridized carbons (Fsp3) is 0.471. The summed E-state index contributed by atoms with van der Waals surface area (Å²) >= 11 is 17.9. The zero-order chi connectivity index (χ0) is 32.7. The summed E-state index contributed by atoms with van der Waals surface area (Å²) < 4.78 is 5.71. The van der Waals surface area contributed by atoms with Gasteiger partial charge in [0.15, 0.2) is 21.2 Å². The number of phenols is 1. The van der Waals surface area contributed by atoms with E-state index in [9.17, 15) is 24.3 Å².